The van der Waals surface area contributed by atoms with Crippen molar-refractivity contribution in [2.45, 2.75) is 57.8 Å². The summed E-state index contributed by atoms with van der Waals surface area (Å²) in [5, 5.41) is 7.57. The lowest BCUT2D eigenvalue weighted by Crippen LogP contribution is -2.19. The Morgan fingerprint density at radius 1 is 0.295 bits per heavy atom. The van der Waals surface area contributed by atoms with Crippen LogP contribution >= 0.6 is 0 Å². The quantitative estimate of drug-likeness (QED) is 0.134. The minimum Gasteiger partial charge on any atom is -0.309 e. The molecule has 19 rings (SSSR count). The van der Waals surface area contributed by atoms with Gasteiger partial charge in [-0.05, 0) is 183 Å². The SMILES string of the molecule is CC1(C)c2cc(/C=C/C3=CC=C(c4ccc5c(c4)c4ccccc4n5-c4ccc5c(c4)C(C)(C)c4ccccc4-5)C4C=CC=CC34)ccc2-c2ccc(/C=C/c3ccc(-c4ccc5c(c4)c4ccccc4n5-c4ccc5c(c4)C(C)(C)c4ccccc4-5)c4ccccc34)cc21. The second kappa shape index (κ2) is 20.5. The topological polar surface area (TPSA) is 9.86 Å². The molecule has 2 unspecified atom stereocenters. The summed E-state index contributed by atoms with van der Waals surface area (Å²) in [7, 11) is 0. The van der Waals surface area contributed by atoms with Gasteiger partial charge in [0.1, 0.15) is 0 Å². The van der Waals surface area contributed by atoms with Crippen molar-refractivity contribution in [2.24, 2.45) is 11.8 Å². The number of hydrogen-bond donors (Lipinski definition) is 0. The number of hydrogen-bond acceptors (Lipinski definition) is 0. The molecule has 452 valence electrons. The summed E-state index contributed by atoms with van der Waals surface area (Å²) in [6, 6.07) is 91.8. The molecule has 0 bridgehead atoms. The number of fused-ring (bicyclic) bond motifs is 17. The van der Waals surface area contributed by atoms with Crippen LogP contribution in [0.5, 0.6) is 0 Å². The van der Waals surface area contributed by atoms with E-state index >= 15 is 0 Å². The lowest BCUT2D eigenvalue weighted by Gasteiger charge is -2.31. The van der Waals surface area contributed by atoms with Gasteiger partial charge in [-0.3, -0.25) is 0 Å². The summed E-state index contributed by atoms with van der Waals surface area (Å²) in [6.07, 6.45) is 23.3. The van der Waals surface area contributed by atoms with Crippen LogP contribution in [0.4, 0.5) is 0 Å². The average molecular weight is 1220 g/mol. The molecule has 5 aliphatic rings. The molecule has 5 aliphatic carbocycles. The molecule has 0 fully saturated rings. The Morgan fingerprint density at radius 3 is 1.32 bits per heavy atom. The highest BCUT2D eigenvalue weighted by molar-refractivity contribution is 6.13. The van der Waals surface area contributed by atoms with Crippen LogP contribution in [0.1, 0.15) is 97.2 Å². The Balaban J connectivity index is 0.591. The van der Waals surface area contributed by atoms with Crippen molar-refractivity contribution in [2.75, 3.05) is 0 Å². The summed E-state index contributed by atoms with van der Waals surface area (Å²) in [4.78, 5) is 0. The molecule has 0 radical (unpaired) electrons. The minimum atomic E-state index is -0.174. The number of para-hydroxylation sites is 2. The van der Waals surface area contributed by atoms with Crippen LogP contribution in [0.3, 0.4) is 0 Å². The molecule has 2 atom stereocenters. The molecule has 2 heteroatoms. The second-order valence-electron chi connectivity index (χ2n) is 28.7. The zero-order chi connectivity index (χ0) is 63.6. The van der Waals surface area contributed by atoms with Gasteiger partial charge in [-0.15, -0.1) is 0 Å². The van der Waals surface area contributed by atoms with E-state index in [1.165, 1.54) is 177 Å². The largest absolute Gasteiger partial charge is 0.309 e. The van der Waals surface area contributed by atoms with E-state index in [4.69, 9.17) is 0 Å². The standard InChI is InChI=1S/C93H70N2/c1-91(2)81-27-15-11-23-71(81)75-47-41-63(55-85(75)91)94-87-29-17-13-25-77(87)79-53-61(39-49-89(79)94)67-45-37-59(65-19-7-9-21-69(65)67)35-31-57-33-43-73-74-44-34-58(52-84(74)93(5,6)83(73)51-57)32-36-60-38-46-68(70-22-10-8-20-66(60)70)62-40-50-90-80(54-62)78-26-14-18-30-88(78)95(90)64-42-48-76-72-24-12-16-28-82(72)92(3,4)86(76)56-64/h7-56,65,69H,1-6H3/b35-31+,36-32+. The first-order chi connectivity index (χ1) is 46.4. The first-order valence-electron chi connectivity index (χ1n) is 33.9. The van der Waals surface area contributed by atoms with E-state index in [1.54, 1.807) is 0 Å². The maximum absolute atomic E-state index is 2.48. The van der Waals surface area contributed by atoms with E-state index in [0.717, 1.165) is 0 Å². The number of benzene rings is 12. The molecule has 0 saturated heterocycles. The normalized spacial score (nSPS) is 17.4. The monoisotopic (exact) mass is 1210 g/mol. The van der Waals surface area contributed by atoms with Gasteiger partial charge >= 0.3 is 0 Å². The Bertz CT molecular complexity index is 5890. The van der Waals surface area contributed by atoms with Gasteiger partial charge in [0.15, 0.2) is 0 Å². The molecule has 0 aliphatic heterocycles. The Hall–Kier alpha value is -11.1. The van der Waals surface area contributed by atoms with Crippen molar-refractivity contribution >= 4 is 78.2 Å². The molecule has 0 amide bonds. The summed E-state index contributed by atoms with van der Waals surface area (Å²) in [5.74, 6) is 0.456. The smallest absolute Gasteiger partial charge is 0.0541 e. The predicted molar refractivity (Wildman–Crippen MR) is 403 cm³/mol. The van der Waals surface area contributed by atoms with Gasteiger partial charge in [0.2, 0.25) is 0 Å². The van der Waals surface area contributed by atoms with Crippen LogP contribution in [0.2, 0.25) is 0 Å². The number of rotatable bonds is 8. The van der Waals surface area contributed by atoms with Crippen LogP contribution in [0.15, 0.2) is 291 Å². The molecular weight excluding hydrogens is 1150 g/mol. The summed E-state index contributed by atoms with van der Waals surface area (Å²) < 4.78 is 4.94. The van der Waals surface area contributed by atoms with E-state index in [1.807, 2.05) is 0 Å². The average Bonchev–Trinajstić information content (AvgIpc) is 1.59. The van der Waals surface area contributed by atoms with Gasteiger partial charge in [0, 0.05) is 61.0 Å². The van der Waals surface area contributed by atoms with Gasteiger partial charge < -0.3 is 9.13 Å². The third-order valence-corrected chi connectivity index (χ3v) is 22.6. The van der Waals surface area contributed by atoms with Crippen molar-refractivity contribution in [1.82, 2.24) is 9.13 Å². The lowest BCUT2D eigenvalue weighted by molar-refractivity contribution is 0.653. The van der Waals surface area contributed by atoms with Gasteiger partial charge in [0.25, 0.3) is 0 Å². The molecular formula is C93H70N2. The van der Waals surface area contributed by atoms with Crippen molar-refractivity contribution < 1.29 is 0 Å². The molecule has 0 N–H and O–H groups in total. The molecule has 2 heterocycles. The Labute approximate surface area is 555 Å². The van der Waals surface area contributed by atoms with E-state index in [2.05, 4.69) is 354 Å². The summed E-state index contributed by atoms with van der Waals surface area (Å²) in [6.45, 7) is 14.3. The van der Waals surface area contributed by atoms with Crippen molar-refractivity contribution in [3.63, 3.8) is 0 Å². The molecule has 95 heavy (non-hydrogen) atoms. The van der Waals surface area contributed by atoms with E-state index in [0.29, 0.717) is 0 Å². The van der Waals surface area contributed by atoms with Crippen LogP contribution in [0.25, 0.3) is 134 Å². The predicted octanol–water partition coefficient (Wildman–Crippen LogP) is 24.2. The van der Waals surface area contributed by atoms with Crippen molar-refractivity contribution in [3.8, 4) is 55.9 Å². The fraction of sp³-hybridized carbons (Fsp3) is 0.118. The molecule has 12 aromatic carbocycles. The zero-order valence-electron chi connectivity index (χ0n) is 54.4. The minimum absolute atomic E-state index is 0.0742. The number of nitrogens with zero attached hydrogens (tertiary/aromatic N) is 2. The highest BCUT2D eigenvalue weighted by Crippen LogP contribution is 2.54. The number of allylic oxidation sites excluding steroid dienone is 9. The molecule has 14 aromatic rings. The Morgan fingerprint density at radius 2 is 0.726 bits per heavy atom. The highest BCUT2D eigenvalue weighted by Gasteiger charge is 2.39. The number of aromatic nitrogens is 2. The summed E-state index contributed by atoms with van der Waals surface area (Å²) >= 11 is 0. The van der Waals surface area contributed by atoms with Crippen LogP contribution < -0.4 is 0 Å². The Kier molecular flexibility index (Phi) is 12.0. The van der Waals surface area contributed by atoms with E-state index in [-0.39, 0.29) is 28.1 Å². The molecule has 2 aromatic heterocycles. The second-order valence-corrected chi connectivity index (χ2v) is 28.7. The molecule has 0 spiro atoms. The van der Waals surface area contributed by atoms with Crippen molar-refractivity contribution in [3.05, 3.63) is 346 Å². The van der Waals surface area contributed by atoms with Gasteiger partial charge in [-0.25, -0.2) is 0 Å². The maximum atomic E-state index is 2.48. The fourth-order valence-electron chi connectivity index (χ4n) is 17.7. The molecule has 0 saturated carbocycles. The maximum Gasteiger partial charge on any atom is 0.0541 e. The molecule has 2 nitrogen and oxygen atoms in total. The van der Waals surface area contributed by atoms with E-state index in [9.17, 15) is 0 Å². The van der Waals surface area contributed by atoms with Gasteiger partial charge in [-0.1, -0.05) is 284 Å². The van der Waals surface area contributed by atoms with Crippen molar-refractivity contribution in [1.29, 1.82) is 0 Å². The van der Waals surface area contributed by atoms with Gasteiger partial charge in [0.05, 0.1) is 22.1 Å². The van der Waals surface area contributed by atoms with Crippen LogP contribution in [0, 0.1) is 11.8 Å². The summed E-state index contributed by atoms with van der Waals surface area (Å²) in [5.41, 5.74) is 33.4. The zero-order valence-corrected chi connectivity index (χ0v) is 54.4. The third-order valence-electron chi connectivity index (χ3n) is 22.6. The fourth-order valence-corrected chi connectivity index (χ4v) is 17.7. The third kappa shape index (κ3) is 8.23. The lowest BCUT2D eigenvalue weighted by atomic mass is 9.73. The van der Waals surface area contributed by atoms with E-state index < -0.39 is 0 Å². The first-order valence-corrected chi connectivity index (χ1v) is 33.9. The highest BCUT2D eigenvalue weighted by atomic mass is 15.0. The van der Waals surface area contributed by atoms with Gasteiger partial charge in [-0.2, -0.15) is 0 Å². The van der Waals surface area contributed by atoms with Crippen LogP contribution in [-0.4, -0.2) is 9.13 Å². The first kappa shape index (κ1) is 55.6. The van der Waals surface area contributed by atoms with Crippen LogP contribution in [-0.2, 0) is 16.2 Å².